The van der Waals surface area contributed by atoms with Crippen molar-refractivity contribution < 1.29 is 13.2 Å². The van der Waals surface area contributed by atoms with Crippen molar-refractivity contribution in [3.8, 4) is 6.07 Å². The molecule has 2 nitrogen and oxygen atoms in total. The zero-order chi connectivity index (χ0) is 10.8. The Bertz CT molecular complexity index is 401. The van der Waals surface area contributed by atoms with E-state index in [1.54, 1.807) is 6.07 Å². The lowest BCUT2D eigenvalue weighted by atomic mass is 10.1. The third-order valence-corrected chi connectivity index (χ3v) is 1.56. The molecule has 1 aromatic heterocycles. The Hall–Kier alpha value is -1.83. The van der Waals surface area contributed by atoms with E-state index in [0.717, 1.165) is 12.3 Å². The van der Waals surface area contributed by atoms with Gasteiger partial charge in [0.05, 0.1) is 11.1 Å². The molecule has 0 amide bonds. The van der Waals surface area contributed by atoms with Gasteiger partial charge in [-0.1, -0.05) is 6.58 Å². The molecular weight excluding hydrogens is 193 g/mol. The van der Waals surface area contributed by atoms with E-state index in [0.29, 0.717) is 0 Å². The highest BCUT2D eigenvalue weighted by atomic mass is 19.4. The molecule has 0 aliphatic heterocycles. The van der Waals surface area contributed by atoms with Gasteiger partial charge in [0.15, 0.2) is 0 Å². The molecule has 0 spiro atoms. The summed E-state index contributed by atoms with van der Waals surface area (Å²) >= 11 is 0. The third kappa shape index (κ3) is 2.10. The molecule has 1 rings (SSSR count). The number of alkyl halides is 3. The molecule has 0 bridgehead atoms. The summed E-state index contributed by atoms with van der Waals surface area (Å²) in [5.74, 6) is 0. The zero-order valence-corrected chi connectivity index (χ0v) is 6.97. The van der Waals surface area contributed by atoms with E-state index in [9.17, 15) is 13.2 Å². The molecule has 0 N–H and O–H groups in total. The van der Waals surface area contributed by atoms with Crippen molar-refractivity contribution in [2.24, 2.45) is 0 Å². The van der Waals surface area contributed by atoms with E-state index in [2.05, 4.69) is 11.6 Å². The van der Waals surface area contributed by atoms with Crippen LogP contribution < -0.4 is 0 Å². The maximum atomic E-state index is 12.2. The smallest absolute Gasteiger partial charge is 0.263 e. The maximum absolute atomic E-state index is 12.2. The minimum absolute atomic E-state index is 0.0768. The second kappa shape index (κ2) is 3.50. The molecule has 0 aromatic carbocycles. The normalized spacial score (nSPS) is 10.7. The van der Waals surface area contributed by atoms with Crippen LogP contribution in [0.4, 0.5) is 13.2 Å². The lowest BCUT2D eigenvalue weighted by molar-refractivity contribution is -0.0686. The number of hydrogen-bond donors (Lipinski definition) is 0. The van der Waals surface area contributed by atoms with Crippen molar-refractivity contribution in [3.63, 3.8) is 0 Å². The van der Waals surface area contributed by atoms with E-state index in [4.69, 9.17) is 5.26 Å². The lowest BCUT2D eigenvalue weighted by Gasteiger charge is -2.09. The number of aromatic nitrogens is 1. The molecule has 0 unspecified atom stereocenters. The van der Waals surface area contributed by atoms with Gasteiger partial charge in [0.1, 0.15) is 6.07 Å². The van der Waals surface area contributed by atoms with Crippen molar-refractivity contribution in [2.45, 2.75) is 6.18 Å². The summed E-state index contributed by atoms with van der Waals surface area (Å²) in [6, 6.07) is 2.80. The van der Waals surface area contributed by atoms with Crippen molar-refractivity contribution >= 4 is 5.57 Å². The molecule has 1 aromatic rings. The summed E-state index contributed by atoms with van der Waals surface area (Å²) in [5.41, 5.74) is -1.11. The molecule has 0 saturated heterocycles. The molecule has 14 heavy (non-hydrogen) atoms. The maximum Gasteiger partial charge on any atom is 0.416 e. The van der Waals surface area contributed by atoms with Crippen molar-refractivity contribution in [3.05, 3.63) is 36.2 Å². The second-order valence-corrected chi connectivity index (χ2v) is 2.55. The van der Waals surface area contributed by atoms with Crippen LogP contribution in [-0.2, 0) is 0 Å². The Morgan fingerprint density at radius 2 is 2.07 bits per heavy atom. The fraction of sp³-hybridized carbons (Fsp3) is 0.111. The molecule has 0 fully saturated rings. The monoisotopic (exact) mass is 198 g/mol. The topological polar surface area (TPSA) is 36.7 Å². The van der Waals surface area contributed by atoms with E-state index in [1.165, 1.54) is 6.20 Å². The molecule has 5 heteroatoms. The Kier molecular flexibility index (Phi) is 2.56. The summed E-state index contributed by atoms with van der Waals surface area (Å²) in [4.78, 5) is 3.51. The first-order chi connectivity index (χ1) is 6.45. The quantitative estimate of drug-likeness (QED) is 0.695. The molecular formula is C9H5F3N2. The molecule has 72 valence electrons. The van der Waals surface area contributed by atoms with Crippen LogP contribution >= 0.6 is 0 Å². The summed E-state index contributed by atoms with van der Waals surface area (Å²) in [7, 11) is 0. The summed E-state index contributed by atoms with van der Waals surface area (Å²) in [6.45, 7) is 2.90. The molecule has 0 saturated carbocycles. The minimum atomic E-state index is -4.49. The van der Waals surface area contributed by atoms with Crippen molar-refractivity contribution in [2.75, 3.05) is 0 Å². The van der Waals surface area contributed by atoms with Gasteiger partial charge in [-0.25, -0.2) is 0 Å². The summed E-state index contributed by atoms with van der Waals surface area (Å²) in [5, 5.41) is 8.45. The van der Waals surface area contributed by atoms with E-state index in [1.807, 2.05) is 0 Å². The first-order valence-electron chi connectivity index (χ1n) is 3.57. The van der Waals surface area contributed by atoms with Gasteiger partial charge in [0, 0.05) is 18.0 Å². The van der Waals surface area contributed by atoms with Crippen LogP contribution in [0.2, 0.25) is 0 Å². The molecule has 0 aliphatic carbocycles. The fourth-order valence-corrected chi connectivity index (χ4v) is 0.830. The fourth-order valence-electron chi connectivity index (χ4n) is 0.830. The Balaban J connectivity index is 3.10. The van der Waals surface area contributed by atoms with Gasteiger partial charge in [-0.2, -0.15) is 18.4 Å². The first kappa shape index (κ1) is 10.3. The molecule has 0 radical (unpaired) electrons. The molecule has 0 aliphatic rings. The van der Waals surface area contributed by atoms with Gasteiger partial charge in [0.2, 0.25) is 0 Å². The van der Waals surface area contributed by atoms with Gasteiger partial charge in [-0.3, -0.25) is 4.98 Å². The van der Waals surface area contributed by atoms with Crippen LogP contribution in [0.3, 0.4) is 0 Å². The number of nitriles is 1. The lowest BCUT2D eigenvalue weighted by Crippen LogP contribution is -2.09. The van der Waals surface area contributed by atoms with Crippen LogP contribution in [0.1, 0.15) is 11.1 Å². The van der Waals surface area contributed by atoms with Gasteiger partial charge < -0.3 is 0 Å². The second-order valence-electron chi connectivity index (χ2n) is 2.55. The van der Waals surface area contributed by atoms with Crippen LogP contribution in [0.15, 0.2) is 25.0 Å². The standard InChI is InChI=1S/C9H5F3N2/c1-6(9(10,11)12)8-2-7(3-13)4-14-5-8/h2,4-5H,1H2. The predicted octanol–water partition coefficient (Wildman–Crippen LogP) is 2.53. The SMILES string of the molecule is C=C(c1cncc(C#N)c1)C(F)(F)F. The third-order valence-electron chi connectivity index (χ3n) is 1.56. The van der Waals surface area contributed by atoms with E-state index in [-0.39, 0.29) is 11.1 Å². The van der Waals surface area contributed by atoms with Gasteiger partial charge in [0.25, 0.3) is 0 Å². The highest BCUT2D eigenvalue weighted by Gasteiger charge is 2.33. The Labute approximate surface area is 78.3 Å². The largest absolute Gasteiger partial charge is 0.416 e. The Morgan fingerprint density at radius 3 is 2.57 bits per heavy atom. The molecule has 1 heterocycles. The van der Waals surface area contributed by atoms with Crippen LogP contribution in [0.25, 0.3) is 5.57 Å². The number of allylic oxidation sites excluding steroid dienone is 1. The highest BCUT2D eigenvalue weighted by molar-refractivity contribution is 5.67. The van der Waals surface area contributed by atoms with Gasteiger partial charge in [-0.15, -0.1) is 0 Å². The van der Waals surface area contributed by atoms with Crippen LogP contribution in [0, 0.1) is 11.3 Å². The summed E-state index contributed by atoms with van der Waals surface area (Å²) in [6.07, 6.45) is -2.28. The average Bonchev–Trinajstić information content (AvgIpc) is 2.15. The van der Waals surface area contributed by atoms with E-state index < -0.39 is 11.7 Å². The number of pyridine rings is 1. The predicted molar refractivity (Wildman–Crippen MR) is 44.0 cm³/mol. The first-order valence-corrected chi connectivity index (χ1v) is 3.57. The van der Waals surface area contributed by atoms with Crippen molar-refractivity contribution in [1.29, 1.82) is 5.26 Å². The number of rotatable bonds is 1. The van der Waals surface area contributed by atoms with Gasteiger partial charge >= 0.3 is 6.18 Å². The molecule has 0 atom stereocenters. The average molecular weight is 198 g/mol. The van der Waals surface area contributed by atoms with Crippen LogP contribution in [0.5, 0.6) is 0 Å². The highest BCUT2D eigenvalue weighted by Crippen LogP contribution is 2.31. The number of halogens is 3. The minimum Gasteiger partial charge on any atom is -0.263 e. The van der Waals surface area contributed by atoms with E-state index >= 15 is 0 Å². The zero-order valence-electron chi connectivity index (χ0n) is 6.97. The number of hydrogen-bond acceptors (Lipinski definition) is 2. The number of nitrogens with zero attached hydrogens (tertiary/aromatic N) is 2. The summed E-state index contributed by atoms with van der Waals surface area (Å²) < 4.78 is 36.5. The van der Waals surface area contributed by atoms with Gasteiger partial charge in [-0.05, 0) is 6.07 Å². The van der Waals surface area contributed by atoms with Crippen LogP contribution in [-0.4, -0.2) is 11.2 Å². The van der Waals surface area contributed by atoms with Crippen molar-refractivity contribution in [1.82, 2.24) is 4.98 Å². The Morgan fingerprint density at radius 1 is 1.43 bits per heavy atom.